The summed E-state index contributed by atoms with van der Waals surface area (Å²) >= 11 is 1.51. The van der Waals surface area contributed by atoms with E-state index in [1.165, 1.54) is 21.6 Å². The molecule has 1 aliphatic carbocycles. The van der Waals surface area contributed by atoms with Gasteiger partial charge in [0.05, 0.1) is 4.70 Å². The summed E-state index contributed by atoms with van der Waals surface area (Å²) in [5.41, 5.74) is 2.19. The van der Waals surface area contributed by atoms with Crippen LogP contribution < -0.4 is 15.3 Å². The number of aryl methyl sites for hydroxylation is 1. The molecule has 8 heteroatoms. The molecule has 2 aromatic carbocycles. The quantitative estimate of drug-likeness (QED) is 0.415. The molecular weight excluding hydrogens is 450 g/mol. The number of nitrogens with zero attached hydrogens (tertiary/aromatic N) is 3. The van der Waals surface area contributed by atoms with Gasteiger partial charge < -0.3 is 19.0 Å². The maximum atomic E-state index is 12.8. The highest BCUT2D eigenvalue weighted by Gasteiger charge is 2.24. The molecule has 1 fully saturated rings. The molecule has 1 amide bonds. The van der Waals surface area contributed by atoms with Crippen LogP contribution in [0.3, 0.4) is 0 Å². The fraction of sp³-hybridized carbons (Fsp3) is 0.346. The zero-order valence-corrected chi connectivity index (χ0v) is 19.6. The van der Waals surface area contributed by atoms with Crippen molar-refractivity contribution in [1.29, 1.82) is 0 Å². The number of ether oxygens (including phenoxy) is 1. The molecule has 0 saturated carbocycles. The summed E-state index contributed by atoms with van der Waals surface area (Å²) in [6.07, 6.45) is 3.80. The first-order valence-electron chi connectivity index (χ1n) is 11.8. The number of benzene rings is 2. The van der Waals surface area contributed by atoms with Crippen molar-refractivity contribution in [2.75, 3.05) is 37.7 Å². The van der Waals surface area contributed by atoms with Crippen molar-refractivity contribution >= 4 is 44.3 Å². The summed E-state index contributed by atoms with van der Waals surface area (Å²) in [5.74, 6) is 1.49. The van der Waals surface area contributed by atoms with Crippen LogP contribution in [0.2, 0.25) is 0 Å². The van der Waals surface area contributed by atoms with E-state index in [0.717, 1.165) is 61.1 Å². The van der Waals surface area contributed by atoms with Gasteiger partial charge in [0.1, 0.15) is 17.2 Å². The van der Waals surface area contributed by atoms with Crippen LogP contribution in [0.15, 0.2) is 51.7 Å². The Hall–Kier alpha value is -3.39. The molecule has 174 valence electrons. The Labute approximate surface area is 200 Å². The summed E-state index contributed by atoms with van der Waals surface area (Å²) in [6.45, 7) is 2.71. The van der Waals surface area contributed by atoms with Crippen LogP contribution >= 0.6 is 11.5 Å². The van der Waals surface area contributed by atoms with Crippen LogP contribution in [0, 0.1) is 0 Å². The molecule has 3 heterocycles. The molecular formula is C26H25N3O4S. The maximum Gasteiger partial charge on any atom is 0.339 e. The van der Waals surface area contributed by atoms with Crippen molar-refractivity contribution < 1.29 is 13.9 Å². The summed E-state index contributed by atoms with van der Waals surface area (Å²) in [7, 11) is 0. The van der Waals surface area contributed by atoms with Crippen LogP contribution in [0.25, 0.3) is 21.1 Å². The third-order valence-electron chi connectivity index (χ3n) is 6.85. The van der Waals surface area contributed by atoms with E-state index in [4.69, 9.17) is 9.15 Å². The molecule has 2 aromatic heterocycles. The average Bonchev–Trinajstić information content (AvgIpc) is 3.32. The lowest BCUT2D eigenvalue weighted by Crippen LogP contribution is -2.50. The van der Waals surface area contributed by atoms with Gasteiger partial charge in [0.25, 0.3) is 5.91 Å². The first kappa shape index (κ1) is 21.2. The molecule has 0 N–H and O–H groups in total. The second kappa shape index (κ2) is 8.76. The molecule has 4 aromatic rings. The van der Waals surface area contributed by atoms with E-state index in [1.54, 1.807) is 6.07 Å². The SMILES string of the molecule is O=C(COc1ccc2c3c(c(=O)oc2c1)CCCC3)N1CCN(c2nsc3ccccc23)CC1. The van der Waals surface area contributed by atoms with Crippen LogP contribution in [0.4, 0.5) is 5.82 Å². The topological polar surface area (TPSA) is 75.9 Å². The zero-order valence-electron chi connectivity index (χ0n) is 18.8. The Balaban J connectivity index is 1.10. The minimum Gasteiger partial charge on any atom is -0.484 e. The molecule has 0 radical (unpaired) electrons. The van der Waals surface area contributed by atoms with Gasteiger partial charge in [0.15, 0.2) is 6.61 Å². The van der Waals surface area contributed by atoms with Crippen LogP contribution in [0.5, 0.6) is 5.75 Å². The van der Waals surface area contributed by atoms with Crippen molar-refractivity contribution in [3.63, 3.8) is 0 Å². The van der Waals surface area contributed by atoms with Gasteiger partial charge in [-0.1, -0.05) is 12.1 Å². The van der Waals surface area contributed by atoms with Crippen molar-refractivity contribution in [2.45, 2.75) is 25.7 Å². The summed E-state index contributed by atoms with van der Waals surface area (Å²) in [5, 5.41) is 2.14. The third-order valence-corrected chi connectivity index (χ3v) is 7.66. The fourth-order valence-electron chi connectivity index (χ4n) is 5.02. The largest absolute Gasteiger partial charge is 0.484 e. The lowest BCUT2D eigenvalue weighted by Gasteiger charge is -2.35. The third kappa shape index (κ3) is 3.81. The van der Waals surface area contributed by atoms with Crippen molar-refractivity contribution in [3.8, 4) is 5.75 Å². The normalized spacial score (nSPS) is 16.1. The standard InChI is InChI=1S/C26H25N3O4S/c30-24(28-11-13-29(14-12-28)25-21-7-3-4-8-23(21)34-27-25)16-32-17-9-10-19-18-5-1-2-6-20(18)26(31)33-22(19)15-17/h3-4,7-10,15H,1-2,5-6,11-14,16H2. The van der Waals surface area contributed by atoms with Gasteiger partial charge in [-0.3, -0.25) is 4.79 Å². The Morgan fingerprint density at radius 3 is 2.65 bits per heavy atom. The summed E-state index contributed by atoms with van der Waals surface area (Å²) < 4.78 is 17.2. The van der Waals surface area contributed by atoms with Crippen LogP contribution in [0.1, 0.15) is 24.0 Å². The number of carbonyl (C=O) groups excluding carboxylic acids is 1. The molecule has 1 aliphatic heterocycles. The highest BCUT2D eigenvalue weighted by atomic mass is 32.1. The van der Waals surface area contributed by atoms with Gasteiger partial charge in [-0.15, -0.1) is 0 Å². The van der Waals surface area contributed by atoms with E-state index in [9.17, 15) is 9.59 Å². The smallest absolute Gasteiger partial charge is 0.339 e. The highest BCUT2D eigenvalue weighted by Crippen LogP contribution is 2.31. The Kier molecular flexibility index (Phi) is 5.45. The molecule has 7 nitrogen and oxygen atoms in total. The van der Waals surface area contributed by atoms with E-state index < -0.39 is 0 Å². The van der Waals surface area contributed by atoms with Gasteiger partial charge in [-0.05, 0) is 67.0 Å². The fourth-order valence-corrected chi connectivity index (χ4v) is 5.82. The Morgan fingerprint density at radius 1 is 1.00 bits per heavy atom. The number of anilines is 1. The van der Waals surface area contributed by atoms with Gasteiger partial charge in [-0.2, -0.15) is 4.37 Å². The monoisotopic (exact) mass is 475 g/mol. The Morgan fingerprint density at radius 2 is 1.79 bits per heavy atom. The first-order valence-corrected chi connectivity index (χ1v) is 12.5. The first-order chi connectivity index (χ1) is 16.7. The zero-order chi connectivity index (χ0) is 23.1. The predicted octanol–water partition coefficient (Wildman–Crippen LogP) is 4.01. The van der Waals surface area contributed by atoms with Crippen LogP contribution in [-0.4, -0.2) is 48.0 Å². The molecule has 34 heavy (non-hydrogen) atoms. The van der Waals surface area contributed by atoms with Crippen molar-refractivity contribution in [2.24, 2.45) is 0 Å². The van der Waals surface area contributed by atoms with E-state index in [1.807, 2.05) is 29.2 Å². The summed E-state index contributed by atoms with van der Waals surface area (Å²) in [6, 6.07) is 13.8. The van der Waals surface area contributed by atoms with Gasteiger partial charge >= 0.3 is 5.63 Å². The van der Waals surface area contributed by atoms with E-state index in [2.05, 4.69) is 21.4 Å². The number of hydrogen-bond donors (Lipinski definition) is 0. The van der Waals surface area contributed by atoms with Gasteiger partial charge in [0.2, 0.25) is 0 Å². The number of carbonyl (C=O) groups is 1. The number of fused-ring (bicyclic) bond motifs is 4. The minimum atomic E-state index is -0.249. The molecule has 6 rings (SSSR count). The molecule has 0 unspecified atom stereocenters. The highest BCUT2D eigenvalue weighted by molar-refractivity contribution is 7.13. The second-order valence-corrected chi connectivity index (χ2v) is 9.68. The number of aromatic nitrogens is 1. The van der Waals surface area contributed by atoms with Crippen molar-refractivity contribution in [1.82, 2.24) is 9.27 Å². The maximum absolute atomic E-state index is 12.8. The lowest BCUT2D eigenvalue weighted by molar-refractivity contribution is -0.133. The van der Waals surface area contributed by atoms with Crippen molar-refractivity contribution in [3.05, 3.63) is 64.0 Å². The number of rotatable bonds is 4. The minimum absolute atomic E-state index is 0.0414. The Bertz CT molecular complexity index is 1440. The molecule has 0 spiro atoms. The average molecular weight is 476 g/mol. The van der Waals surface area contributed by atoms with Gasteiger partial charge in [0, 0.05) is 48.6 Å². The summed E-state index contributed by atoms with van der Waals surface area (Å²) in [4.78, 5) is 29.2. The predicted molar refractivity (Wildman–Crippen MR) is 133 cm³/mol. The van der Waals surface area contributed by atoms with E-state index in [-0.39, 0.29) is 18.1 Å². The van der Waals surface area contributed by atoms with Crippen LogP contribution in [-0.2, 0) is 17.6 Å². The molecule has 2 aliphatic rings. The second-order valence-electron chi connectivity index (χ2n) is 8.87. The molecule has 0 bridgehead atoms. The van der Waals surface area contributed by atoms with Gasteiger partial charge in [-0.25, -0.2) is 4.79 Å². The van der Waals surface area contributed by atoms with E-state index >= 15 is 0 Å². The number of amides is 1. The van der Waals surface area contributed by atoms with E-state index in [0.29, 0.717) is 24.4 Å². The molecule has 0 atom stereocenters. The number of piperazine rings is 1. The molecule has 1 saturated heterocycles. The number of hydrogen-bond acceptors (Lipinski definition) is 7. The lowest BCUT2D eigenvalue weighted by atomic mass is 9.91.